The summed E-state index contributed by atoms with van der Waals surface area (Å²) in [6, 6.07) is 13.3. The van der Waals surface area contributed by atoms with Crippen molar-refractivity contribution in [2.45, 2.75) is 0 Å². The van der Waals surface area contributed by atoms with Crippen molar-refractivity contribution in [1.29, 1.82) is 0 Å². The van der Waals surface area contributed by atoms with Crippen molar-refractivity contribution in [1.82, 2.24) is 9.97 Å². The monoisotopic (exact) mass is 325 g/mol. The number of methoxy groups -OCH3 is 2. The van der Waals surface area contributed by atoms with E-state index in [2.05, 4.69) is 9.97 Å². The van der Waals surface area contributed by atoms with Gasteiger partial charge in [0.15, 0.2) is 11.5 Å². The third kappa shape index (κ3) is 2.99. The number of nitrogen functional groups attached to an aromatic ring is 1. The predicted molar refractivity (Wildman–Crippen MR) is 90.4 cm³/mol. The topological polar surface area (TPSA) is 70.3 Å². The molecular formula is C18H16FN3O2. The molecule has 0 unspecified atom stereocenters. The fourth-order valence-electron chi connectivity index (χ4n) is 2.46. The molecule has 2 aromatic carbocycles. The average Bonchev–Trinajstić information content (AvgIpc) is 2.61. The van der Waals surface area contributed by atoms with Gasteiger partial charge in [0.2, 0.25) is 5.95 Å². The maximum atomic E-state index is 13.1. The molecule has 0 saturated heterocycles. The Morgan fingerprint density at radius 2 is 1.62 bits per heavy atom. The molecule has 1 heterocycles. The lowest BCUT2D eigenvalue weighted by molar-refractivity contribution is 0.356. The van der Waals surface area contributed by atoms with E-state index in [9.17, 15) is 4.39 Å². The van der Waals surface area contributed by atoms with Gasteiger partial charge in [-0.2, -0.15) is 0 Å². The van der Waals surface area contributed by atoms with Gasteiger partial charge in [-0.05, 0) is 42.5 Å². The first-order chi connectivity index (χ1) is 11.6. The van der Waals surface area contributed by atoms with Crippen molar-refractivity contribution in [3.8, 4) is 34.0 Å². The van der Waals surface area contributed by atoms with Crippen LogP contribution in [-0.2, 0) is 0 Å². The van der Waals surface area contributed by atoms with Crippen LogP contribution in [-0.4, -0.2) is 24.2 Å². The molecule has 0 saturated carbocycles. The summed E-state index contributed by atoms with van der Waals surface area (Å²) in [5, 5.41) is 0. The molecule has 0 aliphatic rings. The highest BCUT2D eigenvalue weighted by Gasteiger charge is 2.14. The van der Waals surface area contributed by atoms with E-state index in [1.807, 2.05) is 12.1 Å². The highest BCUT2D eigenvalue weighted by Crippen LogP contribution is 2.38. The largest absolute Gasteiger partial charge is 0.493 e. The minimum absolute atomic E-state index is 0.122. The van der Waals surface area contributed by atoms with E-state index in [0.717, 1.165) is 11.1 Å². The van der Waals surface area contributed by atoms with Crippen LogP contribution in [0, 0.1) is 5.82 Å². The first-order valence-electron chi connectivity index (χ1n) is 7.24. The molecule has 0 bridgehead atoms. The Morgan fingerprint density at radius 1 is 0.917 bits per heavy atom. The minimum atomic E-state index is -0.310. The van der Waals surface area contributed by atoms with Crippen LogP contribution in [0.25, 0.3) is 22.5 Å². The van der Waals surface area contributed by atoms with Crippen LogP contribution in [0.2, 0.25) is 0 Å². The van der Waals surface area contributed by atoms with E-state index in [-0.39, 0.29) is 11.8 Å². The fourth-order valence-corrected chi connectivity index (χ4v) is 2.46. The van der Waals surface area contributed by atoms with E-state index >= 15 is 0 Å². The van der Waals surface area contributed by atoms with Gasteiger partial charge in [0.1, 0.15) is 5.82 Å². The Bertz CT molecular complexity index is 867. The van der Waals surface area contributed by atoms with Gasteiger partial charge in [-0.1, -0.05) is 6.07 Å². The maximum absolute atomic E-state index is 13.1. The fraction of sp³-hybridized carbons (Fsp3) is 0.111. The number of ether oxygens (including phenoxy) is 2. The third-order valence-electron chi connectivity index (χ3n) is 3.56. The molecule has 3 rings (SSSR count). The highest BCUT2D eigenvalue weighted by molar-refractivity contribution is 5.75. The zero-order valence-corrected chi connectivity index (χ0v) is 13.3. The van der Waals surface area contributed by atoms with Crippen molar-refractivity contribution in [2.75, 3.05) is 20.0 Å². The van der Waals surface area contributed by atoms with E-state index in [0.29, 0.717) is 22.9 Å². The lowest BCUT2D eigenvalue weighted by atomic mass is 10.1. The van der Waals surface area contributed by atoms with E-state index in [1.54, 1.807) is 38.5 Å². The normalized spacial score (nSPS) is 10.5. The first kappa shape index (κ1) is 15.7. The number of para-hydroxylation sites is 1. The summed E-state index contributed by atoms with van der Waals surface area (Å²) in [6.07, 6.45) is 0. The Balaban J connectivity index is 2.15. The first-order valence-corrected chi connectivity index (χ1v) is 7.24. The molecule has 0 aliphatic carbocycles. The second kappa shape index (κ2) is 6.54. The summed E-state index contributed by atoms with van der Waals surface area (Å²) >= 11 is 0. The lowest BCUT2D eigenvalue weighted by Crippen LogP contribution is -2.00. The molecule has 2 N–H and O–H groups in total. The van der Waals surface area contributed by atoms with Crippen molar-refractivity contribution in [3.05, 3.63) is 54.3 Å². The van der Waals surface area contributed by atoms with Gasteiger partial charge in [-0.15, -0.1) is 0 Å². The number of nitrogens with zero attached hydrogens (tertiary/aromatic N) is 2. The van der Waals surface area contributed by atoms with Gasteiger partial charge >= 0.3 is 0 Å². The van der Waals surface area contributed by atoms with Crippen LogP contribution in [0.1, 0.15) is 0 Å². The molecule has 1 aromatic heterocycles. The van der Waals surface area contributed by atoms with Gasteiger partial charge in [0, 0.05) is 11.1 Å². The molecule has 0 fully saturated rings. The quantitative estimate of drug-likeness (QED) is 0.794. The van der Waals surface area contributed by atoms with Crippen LogP contribution < -0.4 is 15.2 Å². The molecule has 5 nitrogen and oxygen atoms in total. The number of rotatable bonds is 4. The number of benzene rings is 2. The molecule has 24 heavy (non-hydrogen) atoms. The molecule has 0 amide bonds. The van der Waals surface area contributed by atoms with Gasteiger partial charge in [0.25, 0.3) is 0 Å². The Labute approximate surface area is 138 Å². The number of nitrogens with two attached hydrogens (primary N) is 1. The van der Waals surface area contributed by atoms with E-state index < -0.39 is 0 Å². The molecular weight excluding hydrogens is 309 g/mol. The maximum Gasteiger partial charge on any atom is 0.221 e. The van der Waals surface area contributed by atoms with Crippen LogP contribution in [0.4, 0.5) is 10.3 Å². The summed E-state index contributed by atoms with van der Waals surface area (Å²) < 4.78 is 23.9. The van der Waals surface area contributed by atoms with Crippen LogP contribution in [0.5, 0.6) is 11.5 Å². The second-order valence-corrected chi connectivity index (χ2v) is 5.04. The van der Waals surface area contributed by atoms with E-state index in [4.69, 9.17) is 15.2 Å². The summed E-state index contributed by atoms with van der Waals surface area (Å²) in [6.45, 7) is 0. The Morgan fingerprint density at radius 3 is 2.29 bits per heavy atom. The number of hydrogen-bond donors (Lipinski definition) is 1. The van der Waals surface area contributed by atoms with Crippen molar-refractivity contribution in [2.24, 2.45) is 0 Å². The van der Waals surface area contributed by atoms with Crippen molar-refractivity contribution >= 4 is 5.95 Å². The summed E-state index contributed by atoms with van der Waals surface area (Å²) in [7, 11) is 3.13. The standard InChI is InChI=1S/C18H16FN3O2/c1-23-16-5-3-4-13(17(16)24-2)15-10-14(21-18(20)22-15)11-6-8-12(19)9-7-11/h3-10H,1-2H3,(H2,20,21,22). The Hall–Kier alpha value is -3.15. The van der Waals surface area contributed by atoms with Gasteiger partial charge in [-0.25, -0.2) is 14.4 Å². The van der Waals surface area contributed by atoms with Gasteiger partial charge in [0.05, 0.1) is 25.6 Å². The molecule has 6 heteroatoms. The summed E-state index contributed by atoms with van der Waals surface area (Å²) in [5.74, 6) is 0.964. The molecule has 122 valence electrons. The summed E-state index contributed by atoms with van der Waals surface area (Å²) in [4.78, 5) is 8.52. The zero-order valence-electron chi connectivity index (χ0n) is 13.3. The minimum Gasteiger partial charge on any atom is -0.493 e. The van der Waals surface area contributed by atoms with Crippen molar-refractivity contribution < 1.29 is 13.9 Å². The lowest BCUT2D eigenvalue weighted by Gasteiger charge is -2.13. The molecule has 0 aliphatic heterocycles. The van der Waals surface area contributed by atoms with Gasteiger partial charge < -0.3 is 15.2 Å². The zero-order chi connectivity index (χ0) is 17.1. The molecule has 0 atom stereocenters. The third-order valence-corrected chi connectivity index (χ3v) is 3.56. The SMILES string of the molecule is COc1cccc(-c2cc(-c3ccc(F)cc3)nc(N)n2)c1OC. The molecule has 0 radical (unpaired) electrons. The second-order valence-electron chi connectivity index (χ2n) is 5.04. The van der Waals surface area contributed by atoms with Crippen LogP contribution in [0.3, 0.4) is 0 Å². The Kier molecular flexibility index (Phi) is 4.29. The molecule has 0 spiro atoms. The molecule has 3 aromatic rings. The van der Waals surface area contributed by atoms with E-state index in [1.165, 1.54) is 12.1 Å². The summed E-state index contributed by atoms with van der Waals surface area (Å²) in [5.41, 5.74) is 8.53. The predicted octanol–water partition coefficient (Wildman–Crippen LogP) is 3.55. The average molecular weight is 325 g/mol. The number of halogens is 1. The van der Waals surface area contributed by atoms with Crippen LogP contribution in [0.15, 0.2) is 48.5 Å². The smallest absolute Gasteiger partial charge is 0.221 e. The number of aromatic nitrogens is 2. The van der Waals surface area contributed by atoms with Crippen LogP contribution >= 0.6 is 0 Å². The number of anilines is 1. The highest BCUT2D eigenvalue weighted by atomic mass is 19.1. The number of hydrogen-bond acceptors (Lipinski definition) is 5. The van der Waals surface area contributed by atoms with Gasteiger partial charge in [-0.3, -0.25) is 0 Å². The van der Waals surface area contributed by atoms with Crippen molar-refractivity contribution in [3.63, 3.8) is 0 Å².